The van der Waals surface area contributed by atoms with Crippen molar-refractivity contribution >= 4 is 39.1 Å². The Morgan fingerprint density at radius 2 is 1.85 bits per heavy atom. The zero-order valence-electron chi connectivity index (χ0n) is 30.8. The van der Waals surface area contributed by atoms with Gasteiger partial charge < -0.3 is 19.6 Å². The Kier molecular flexibility index (Phi) is 10.8. The summed E-state index contributed by atoms with van der Waals surface area (Å²) in [7, 11) is 1.87. The lowest BCUT2D eigenvalue weighted by Gasteiger charge is -2.42. The quantitative estimate of drug-likeness (QED) is 0.139. The second-order valence-electron chi connectivity index (χ2n) is 14.0. The number of likely N-dealkylation sites (tertiary alicyclic amines) is 1. The van der Waals surface area contributed by atoms with Crippen LogP contribution in [0.3, 0.4) is 0 Å². The van der Waals surface area contributed by atoms with E-state index in [1.54, 1.807) is 11.8 Å². The molecule has 2 bridgehead atoms. The number of pyridine rings is 1. The van der Waals surface area contributed by atoms with E-state index in [2.05, 4.69) is 15.9 Å². The lowest BCUT2D eigenvalue weighted by Crippen LogP contribution is -2.57. The van der Waals surface area contributed by atoms with Gasteiger partial charge in [-0.25, -0.2) is 13.2 Å². The second-order valence-corrected chi connectivity index (χ2v) is 14.0. The van der Waals surface area contributed by atoms with Gasteiger partial charge in [0.1, 0.15) is 41.4 Å². The maximum absolute atomic E-state index is 17.0. The number of fused-ring (bicyclic) bond motifs is 4. The molecule has 7 rings (SSSR count). The van der Waals surface area contributed by atoms with Crippen molar-refractivity contribution in [1.29, 1.82) is 5.41 Å². The fourth-order valence-corrected chi connectivity index (χ4v) is 8.30. The minimum absolute atomic E-state index is 0.0584. The average molecular weight is 730 g/mol. The van der Waals surface area contributed by atoms with E-state index in [1.807, 2.05) is 37.6 Å². The van der Waals surface area contributed by atoms with Gasteiger partial charge in [-0.05, 0) is 56.3 Å². The summed E-state index contributed by atoms with van der Waals surface area (Å²) in [4.78, 5) is 32.7. The van der Waals surface area contributed by atoms with E-state index in [0.29, 0.717) is 42.5 Å². The summed E-state index contributed by atoms with van der Waals surface area (Å²) in [6.45, 7) is 8.95. The Labute approximate surface area is 307 Å². The lowest BCUT2D eigenvalue weighted by atomic mass is 9.91. The van der Waals surface area contributed by atoms with Gasteiger partial charge in [-0.2, -0.15) is 9.97 Å². The number of alkyl halides is 1. The monoisotopic (exact) mass is 729 g/mol. The first-order valence-electron chi connectivity index (χ1n) is 18.4. The number of phenolic OH excluding ortho intramolecular Hbond substituents is 1. The van der Waals surface area contributed by atoms with E-state index in [1.165, 1.54) is 30.5 Å². The molecule has 3 saturated heterocycles. The molecule has 280 valence electrons. The van der Waals surface area contributed by atoms with E-state index in [9.17, 15) is 18.7 Å². The number of nitrogens with zero attached hydrogens (tertiary/aromatic N) is 6. The molecule has 0 aliphatic carbocycles. The van der Waals surface area contributed by atoms with Crippen molar-refractivity contribution < 1.29 is 27.8 Å². The molecule has 53 heavy (non-hydrogen) atoms. The van der Waals surface area contributed by atoms with Crippen LogP contribution in [0.15, 0.2) is 30.5 Å². The summed E-state index contributed by atoms with van der Waals surface area (Å²) in [5.41, 5.74) is -0.855. The number of aromatic hydroxyl groups is 1. The van der Waals surface area contributed by atoms with E-state index >= 15 is 4.39 Å². The molecule has 2 aromatic heterocycles. The number of aromatic nitrogens is 3. The molecular weight excluding hydrogens is 683 g/mol. The first-order chi connectivity index (χ1) is 25.5. The number of hydrogen-bond acceptors (Lipinski definition) is 9. The first kappa shape index (κ1) is 37.8. The molecule has 4 aromatic rings. The molecule has 2 N–H and O–H groups in total. The second kappa shape index (κ2) is 15.2. The molecule has 0 radical (unpaired) electrons. The fraction of sp³-hybridized carbons (Fsp3) is 0.475. The van der Waals surface area contributed by atoms with Crippen LogP contribution in [-0.4, -0.2) is 98.6 Å². The normalized spacial score (nSPS) is 22.5. The number of carbonyl (C=O) groups is 1. The molecule has 10 nitrogen and oxygen atoms in total. The molecule has 3 aliphatic heterocycles. The zero-order chi connectivity index (χ0) is 38.2. The average Bonchev–Trinajstić information content (AvgIpc) is 3.59. The highest BCUT2D eigenvalue weighted by Gasteiger charge is 2.46. The molecule has 2 aromatic carbocycles. The highest BCUT2D eigenvalue weighted by molar-refractivity contribution is 6.37. The molecule has 13 heteroatoms. The topological polar surface area (TPSA) is 119 Å². The number of carbonyl (C=O) groups excluding carboxylic acids is 1. The number of piperazine rings is 1. The van der Waals surface area contributed by atoms with Gasteiger partial charge in [-0.1, -0.05) is 46.1 Å². The minimum atomic E-state index is -1.01. The predicted molar refractivity (Wildman–Crippen MR) is 200 cm³/mol. The fourth-order valence-electron chi connectivity index (χ4n) is 8.30. The molecule has 3 fully saturated rings. The Morgan fingerprint density at radius 3 is 2.47 bits per heavy atom. The minimum Gasteiger partial charge on any atom is -0.508 e. The number of hydrogen-bond donors (Lipinski definition) is 2. The van der Waals surface area contributed by atoms with Gasteiger partial charge >= 0.3 is 6.01 Å². The lowest BCUT2D eigenvalue weighted by molar-refractivity contribution is -0.127. The smallest absolute Gasteiger partial charge is 0.319 e. The van der Waals surface area contributed by atoms with Crippen molar-refractivity contribution in [2.75, 3.05) is 38.2 Å². The maximum atomic E-state index is 17.0. The van der Waals surface area contributed by atoms with Crippen LogP contribution in [0.4, 0.5) is 19.0 Å². The Balaban J connectivity index is 0.00000236. The van der Waals surface area contributed by atoms with E-state index < -0.39 is 23.3 Å². The van der Waals surface area contributed by atoms with Gasteiger partial charge in [0.25, 0.3) is 5.91 Å². The summed E-state index contributed by atoms with van der Waals surface area (Å²) in [6, 6.07) is 4.90. The highest BCUT2D eigenvalue weighted by Crippen LogP contribution is 2.41. The van der Waals surface area contributed by atoms with Crippen molar-refractivity contribution in [3.8, 4) is 35.4 Å². The molecule has 0 spiro atoms. The SMILES string of the molecule is C#Cc1c(F)ccc2cc(O)cc(-c3ncc4c(N5CC6CC[C@@H](C5)N6C(=O)C(=N)CC)nc(OCC5(CCC)CC(F)CN5C)nc4c3F)c12.CC. The van der Waals surface area contributed by atoms with E-state index in [-0.39, 0.29) is 82.8 Å². The van der Waals surface area contributed by atoms with Gasteiger partial charge in [0.15, 0.2) is 5.82 Å². The van der Waals surface area contributed by atoms with Crippen molar-refractivity contribution in [1.82, 2.24) is 24.8 Å². The number of phenols is 1. The molecule has 3 aliphatic rings. The van der Waals surface area contributed by atoms with Gasteiger partial charge in [0, 0.05) is 43.2 Å². The van der Waals surface area contributed by atoms with Crippen LogP contribution in [0.5, 0.6) is 11.8 Å². The Hall–Kier alpha value is -4.96. The van der Waals surface area contributed by atoms with Crippen LogP contribution in [0.2, 0.25) is 0 Å². The third kappa shape index (κ3) is 6.73. The molecule has 5 heterocycles. The number of nitrogens with one attached hydrogen (secondary N) is 1. The zero-order valence-corrected chi connectivity index (χ0v) is 30.8. The number of amides is 1. The number of benzene rings is 2. The summed E-state index contributed by atoms with van der Waals surface area (Å²) < 4.78 is 52.9. The number of likely N-dealkylation sites (N-methyl/N-ethyl adjacent to an activating group) is 1. The number of ether oxygens (including phenoxy) is 1. The van der Waals surface area contributed by atoms with Gasteiger partial charge in [-0.15, -0.1) is 6.42 Å². The largest absolute Gasteiger partial charge is 0.508 e. The van der Waals surface area contributed by atoms with Crippen molar-refractivity contribution in [2.45, 2.75) is 90.0 Å². The number of terminal acetylenes is 1. The highest BCUT2D eigenvalue weighted by atomic mass is 19.1. The van der Waals surface area contributed by atoms with Crippen molar-refractivity contribution in [2.24, 2.45) is 0 Å². The van der Waals surface area contributed by atoms with Crippen molar-refractivity contribution in [3.05, 3.63) is 47.7 Å². The van der Waals surface area contributed by atoms with Crippen LogP contribution in [0, 0.1) is 29.4 Å². The number of anilines is 1. The molecule has 1 amide bonds. The molecule has 0 saturated carbocycles. The first-order valence-corrected chi connectivity index (χ1v) is 18.4. The third-order valence-corrected chi connectivity index (χ3v) is 10.8. The van der Waals surface area contributed by atoms with Gasteiger partial charge in [0.05, 0.1) is 34.3 Å². The van der Waals surface area contributed by atoms with E-state index in [0.717, 1.165) is 19.3 Å². The summed E-state index contributed by atoms with van der Waals surface area (Å²) in [5.74, 6) is 0.742. The molecule has 3 unspecified atom stereocenters. The Bertz CT molecular complexity index is 2090. The van der Waals surface area contributed by atoms with Crippen LogP contribution in [-0.2, 0) is 4.79 Å². The predicted octanol–water partition coefficient (Wildman–Crippen LogP) is 7.04. The molecular formula is C40H46F3N7O3. The van der Waals surface area contributed by atoms with E-state index in [4.69, 9.17) is 21.6 Å². The van der Waals surface area contributed by atoms with Gasteiger partial charge in [0.2, 0.25) is 0 Å². The van der Waals surface area contributed by atoms with Crippen LogP contribution in [0.25, 0.3) is 32.9 Å². The Morgan fingerprint density at radius 1 is 1.13 bits per heavy atom. The standard InChI is InChI=1S/C38H40F3N7O3.C2H6/c1-5-12-38(15-22(39)17-46(38)4)20-51-37-44-34-28(35(45-37)47-18-23-9-10-24(19-47)48(23)36(50)30(42)7-3)16-43-33(32(34)41)27-14-25(49)13-21-8-11-29(40)26(6-2)31(21)27;1-2/h2,8,11,13-14,16,22-24,42,49H,5,7,9-10,12,15,17-20H2,1,3-4H3;1-2H3/t22?,23-,24?,38?;/m0./s1. The summed E-state index contributed by atoms with van der Waals surface area (Å²) >= 11 is 0. The van der Waals surface area contributed by atoms with Crippen LogP contribution in [0.1, 0.15) is 71.8 Å². The third-order valence-electron chi connectivity index (χ3n) is 10.8. The molecule has 4 atom stereocenters. The number of rotatable bonds is 9. The van der Waals surface area contributed by atoms with Crippen LogP contribution >= 0.6 is 0 Å². The maximum Gasteiger partial charge on any atom is 0.319 e. The number of halogens is 3. The summed E-state index contributed by atoms with van der Waals surface area (Å²) in [5, 5.41) is 19.7. The van der Waals surface area contributed by atoms with Gasteiger partial charge in [-0.3, -0.25) is 20.1 Å². The summed E-state index contributed by atoms with van der Waals surface area (Å²) in [6.07, 6.45) is 9.73. The van der Waals surface area contributed by atoms with Crippen molar-refractivity contribution in [3.63, 3.8) is 0 Å². The van der Waals surface area contributed by atoms with Crippen LogP contribution < -0.4 is 9.64 Å².